The van der Waals surface area contributed by atoms with Crippen LogP contribution >= 0.6 is 0 Å². The molecular formula is C8H11F3N4O. The zero-order valence-corrected chi connectivity index (χ0v) is 8.64. The van der Waals surface area contributed by atoms with Crippen molar-refractivity contribution in [2.75, 3.05) is 0 Å². The molecule has 1 amide bonds. The number of rotatable bonds is 0. The van der Waals surface area contributed by atoms with Crippen LogP contribution in [0.1, 0.15) is 13.8 Å². The van der Waals surface area contributed by atoms with Gasteiger partial charge in [0.1, 0.15) is 0 Å². The summed E-state index contributed by atoms with van der Waals surface area (Å²) in [4.78, 5) is 11.6. The maximum atomic E-state index is 12.4. The molecule has 2 atom stereocenters. The number of amides is 1. The molecule has 0 radical (unpaired) electrons. The van der Waals surface area contributed by atoms with E-state index in [9.17, 15) is 18.0 Å². The van der Waals surface area contributed by atoms with Crippen LogP contribution in [0.4, 0.5) is 13.2 Å². The van der Waals surface area contributed by atoms with Crippen LogP contribution in [-0.2, 0) is 4.79 Å². The summed E-state index contributed by atoms with van der Waals surface area (Å²) in [5.41, 5.74) is 3.05. The molecular weight excluding hydrogens is 225 g/mol. The van der Waals surface area contributed by atoms with Gasteiger partial charge in [-0.05, 0) is 13.8 Å². The first-order valence-corrected chi connectivity index (χ1v) is 4.67. The van der Waals surface area contributed by atoms with Crippen LogP contribution < -0.4 is 16.1 Å². The highest BCUT2D eigenvalue weighted by Gasteiger charge is 2.50. The Balaban J connectivity index is 2.19. The number of carbonyl (C=O) groups is 1. The molecule has 1 saturated heterocycles. The first kappa shape index (κ1) is 11.2. The first-order valence-electron chi connectivity index (χ1n) is 4.67. The van der Waals surface area contributed by atoms with Crippen molar-refractivity contribution in [1.82, 2.24) is 21.1 Å². The number of carbonyl (C=O) groups excluding carboxylic acids is 1. The van der Waals surface area contributed by atoms with Gasteiger partial charge in [0.15, 0.2) is 12.5 Å². The fourth-order valence-electron chi connectivity index (χ4n) is 1.59. The Kier molecular flexibility index (Phi) is 2.35. The van der Waals surface area contributed by atoms with E-state index < -0.39 is 24.5 Å². The Morgan fingerprint density at radius 3 is 2.50 bits per heavy atom. The summed E-state index contributed by atoms with van der Waals surface area (Å²) in [5.74, 6) is -0.458. The van der Waals surface area contributed by atoms with Gasteiger partial charge in [0.05, 0.1) is 0 Å². The van der Waals surface area contributed by atoms with E-state index in [0.29, 0.717) is 11.3 Å². The molecule has 90 valence electrons. The molecule has 0 aromatic rings. The van der Waals surface area contributed by atoms with E-state index in [0.717, 1.165) is 5.01 Å². The van der Waals surface area contributed by atoms with Gasteiger partial charge in [0.25, 0.3) is 5.91 Å². The molecule has 2 rings (SSSR count). The molecule has 0 bridgehead atoms. The zero-order chi connectivity index (χ0) is 12.1. The molecule has 2 aliphatic rings. The van der Waals surface area contributed by atoms with Crippen molar-refractivity contribution < 1.29 is 18.0 Å². The lowest BCUT2D eigenvalue weighted by Gasteiger charge is -2.30. The van der Waals surface area contributed by atoms with Crippen molar-refractivity contribution in [3.05, 3.63) is 11.3 Å². The second-order valence-electron chi connectivity index (χ2n) is 3.74. The van der Waals surface area contributed by atoms with E-state index in [1.807, 2.05) is 0 Å². The van der Waals surface area contributed by atoms with Gasteiger partial charge in [-0.15, -0.1) is 0 Å². The van der Waals surface area contributed by atoms with E-state index in [-0.39, 0.29) is 0 Å². The summed E-state index contributed by atoms with van der Waals surface area (Å²) in [5, 5.41) is 5.93. The lowest BCUT2D eigenvalue weighted by atomic mass is 10.2. The van der Waals surface area contributed by atoms with Crippen molar-refractivity contribution in [3.8, 4) is 0 Å². The Hall–Kier alpha value is -1.28. The molecule has 2 heterocycles. The van der Waals surface area contributed by atoms with Gasteiger partial charge < -0.3 is 5.32 Å². The monoisotopic (exact) mass is 236 g/mol. The van der Waals surface area contributed by atoms with Gasteiger partial charge in [-0.1, -0.05) is 0 Å². The molecule has 0 aromatic heterocycles. The van der Waals surface area contributed by atoms with Gasteiger partial charge in [-0.2, -0.15) is 13.2 Å². The molecule has 5 nitrogen and oxygen atoms in total. The number of alkyl halides is 3. The summed E-state index contributed by atoms with van der Waals surface area (Å²) < 4.78 is 37.3. The minimum atomic E-state index is -4.44. The van der Waals surface area contributed by atoms with Crippen molar-refractivity contribution in [1.29, 1.82) is 0 Å². The van der Waals surface area contributed by atoms with Crippen molar-refractivity contribution in [3.63, 3.8) is 0 Å². The molecule has 16 heavy (non-hydrogen) atoms. The van der Waals surface area contributed by atoms with Crippen LogP contribution in [0.25, 0.3) is 0 Å². The Labute approximate surface area is 89.6 Å². The fourth-order valence-corrected chi connectivity index (χ4v) is 1.59. The number of nitrogens with one attached hydrogen (secondary N) is 3. The van der Waals surface area contributed by atoms with Gasteiger partial charge in [-0.25, -0.2) is 10.4 Å². The quantitative estimate of drug-likeness (QED) is 0.554. The summed E-state index contributed by atoms with van der Waals surface area (Å²) in [6.07, 6.45) is -7.21. The van der Waals surface area contributed by atoms with Gasteiger partial charge in [0.2, 0.25) is 0 Å². The summed E-state index contributed by atoms with van der Waals surface area (Å²) >= 11 is 0. The second-order valence-corrected chi connectivity index (χ2v) is 3.74. The van der Waals surface area contributed by atoms with Crippen molar-refractivity contribution >= 4 is 5.91 Å². The normalized spacial score (nSPS) is 30.6. The minimum Gasteiger partial charge on any atom is -0.355 e. The van der Waals surface area contributed by atoms with E-state index >= 15 is 0 Å². The number of halogens is 3. The maximum absolute atomic E-state index is 12.4. The van der Waals surface area contributed by atoms with Gasteiger partial charge >= 0.3 is 6.18 Å². The van der Waals surface area contributed by atoms with E-state index in [1.165, 1.54) is 0 Å². The number of nitrogens with zero attached hydrogens (tertiary/aromatic N) is 1. The molecule has 0 saturated carbocycles. The lowest BCUT2D eigenvalue weighted by molar-refractivity contribution is -0.162. The van der Waals surface area contributed by atoms with E-state index in [1.54, 1.807) is 13.8 Å². The number of hydrogen-bond acceptors (Lipinski definition) is 4. The predicted octanol–water partition coefficient (Wildman–Crippen LogP) is -0.00810. The third kappa shape index (κ3) is 1.63. The first-order chi connectivity index (χ1) is 7.30. The second kappa shape index (κ2) is 3.36. The standard InChI is InChI=1S/C8H11F3N4O/c1-3-4(2)12-7-13-6(8(9,10)11)14-15(7)5(3)16/h6-7,12-14H,1-2H3. The number of fused-ring (bicyclic) bond motifs is 1. The number of hydrazine groups is 1. The molecule has 0 aliphatic carbocycles. The third-order valence-electron chi connectivity index (χ3n) is 2.63. The Morgan fingerprint density at radius 2 is 1.94 bits per heavy atom. The number of allylic oxidation sites excluding steroid dienone is 1. The van der Waals surface area contributed by atoms with Gasteiger partial charge in [0, 0.05) is 11.3 Å². The molecule has 3 N–H and O–H groups in total. The van der Waals surface area contributed by atoms with Gasteiger partial charge in [-0.3, -0.25) is 10.1 Å². The van der Waals surface area contributed by atoms with Crippen LogP contribution in [0.15, 0.2) is 11.3 Å². The molecule has 2 aliphatic heterocycles. The maximum Gasteiger partial charge on any atom is 0.418 e. The highest BCUT2D eigenvalue weighted by atomic mass is 19.4. The lowest BCUT2D eigenvalue weighted by Crippen LogP contribution is -2.55. The summed E-state index contributed by atoms with van der Waals surface area (Å²) in [7, 11) is 0. The minimum absolute atomic E-state index is 0.397. The summed E-state index contributed by atoms with van der Waals surface area (Å²) in [6, 6.07) is 0. The summed E-state index contributed by atoms with van der Waals surface area (Å²) in [6.45, 7) is 3.21. The largest absolute Gasteiger partial charge is 0.418 e. The van der Waals surface area contributed by atoms with Crippen LogP contribution in [0.3, 0.4) is 0 Å². The van der Waals surface area contributed by atoms with E-state index in [2.05, 4.69) is 16.1 Å². The molecule has 2 unspecified atom stereocenters. The average molecular weight is 236 g/mol. The average Bonchev–Trinajstić information content (AvgIpc) is 2.57. The SMILES string of the molecule is CC1=C(C)C(=O)N2NC(C(F)(F)F)NC2N1. The Bertz CT molecular complexity index is 365. The zero-order valence-electron chi connectivity index (χ0n) is 8.64. The van der Waals surface area contributed by atoms with Crippen LogP contribution in [0.5, 0.6) is 0 Å². The van der Waals surface area contributed by atoms with Crippen LogP contribution in [0.2, 0.25) is 0 Å². The van der Waals surface area contributed by atoms with Crippen LogP contribution in [-0.4, -0.2) is 29.5 Å². The Morgan fingerprint density at radius 1 is 1.31 bits per heavy atom. The van der Waals surface area contributed by atoms with E-state index in [4.69, 9.17) is 0 Å². The number of hydrogen-bond donors (Lipinski definition) is 3. The third-order valence-corrected chi connectivity index (χ3v) is 2.63. The molecule has 0 aromatic carbocycles. The molecule has 0 spiro atoms. The highest BCUT2D eigenvalue weighted by molar-refractivity contribution is 5.94. The van der Waals surface area contributed by atoms with Crippen molar-refractivity contribution in [2.24, 2.45) is 0 Å². The van der Waals surface area contributed by atoms with Crippen molar-refractivity contribution in [2.45, 2.75) is 32.5 Å². The fraction of sp³-hybridized carbons (Fsp3) is 0.625. The topological polar surface area (TPSA) is 56.4 Å². The molecule has 8 heteroatoms. The smallest absolute Gasteiger partial charge is 0.355 e. The van der Waals surface area contributed by atoms with Crippen LogP contribution in [0, 0.1) is 0 Å². The predicted molar refractivity (Wildman–Crippen MR) is 48.3 cm³/mol. The highest BCUT2D eigenvalue weighted by Crippen LogP contribution is 2.25. The molecule has 1 fully saturated rings.